The SMILES string of the molecule is FC(F)(F)C(F)(F)C(F)(F)C(F)(F)C(F)(F)C(F)(F)C(F)(F)C(F)(F)N=NC(F)(F)C(F)(F)C(F)(F)C(F)(F)C(F)(F)C(F)(F)C(F)(F)C(F)(F)F. The van der Waals surface area contributed by atoms with Crippen molar-refractivity contribution in [2.75, 3.05) is 0 Å². The maximum Gasteiger partial charge on any atom is 0.460 e. The van der Waals surface area contributed by atoms with Gasteiger partial charge in [-0.3, -0.25) is 0 Å². The first-order chi connectivity index (χ1) is 21.7. The van der Waals surface area contributed by atoms with E-state index in [0.29, 0.717) is 0 Å². The van der Waals surface area contributed by atoms with Crippen molar-refractivity contribution in [1.29, 1.82) is 0 Å². The smallest absolute Gasteiger partial charge is 0.192 e. The molecule has 36 heteroatoms. The number of azo groups is 1. The van der Waals surface area contributed by atoms with E-state index in [0.717, 1.165) is 0 Å². The van der Waals surface area contributed by atoms with Crippen LogP contribution in [0, 0.1) is 0 Å². The molecule has 0 aromatic heterocycles. The van der Waals surface area contributed by atoms with Crippen molar-refractivity contribution < 1.29 is 149 Å². The van der Waals surface area contributed by atoms with Crippen molar-refractivity contribution in [3.8, 4) is 0 Å². The van der Waals surface area contributed by atoms with Gasteiger partial charge in [0, 0.05) is 0 Å². The molecule has 0 saturated carbocycles. The maximum atomic E-state index is 13.5. The van der Waals surface area contributed by atoms with Crippen LogP contribution >= 0.6 is 0 Å². The molecule has 0 aromatic rings. The van der Waals surface area contributed by atoms with E-state index >= 15 is 0 Å². The highest BCUT2D eigenvalue weighted by Gasteiger charge is 2.97. The van der Waals surface area contributed by atoms with Gasteiger partial charge in [0.1, 0.15) is 0 Å². The largest absolute Gasteiger partial charge is 0.460 e. The summed E-state index contributed by atoms with van der Waals surface area (Å²) in [7, 11) is 0. The predicted octanol–water partition coefficient (Wildman–Crippen LogP) is 11.4. The fourth-order valence-electron chi connectivity index (χ4n) is 2.56. The molecule has 0 unspecified atom stereocenters. The monoisotopic (exact) mass is 866 g/mol. The second-order valence-electron chi connectivity index (χ2n) is 9.17. The van der Waals surface area contributed by atoms with E-state index in [1.54, 1.807) is 0 Å². The Balaban J connectivity index is 7.32. The molecule has 2 nitrogen and oxygen atoms in total. The van der Waals surface area contributed by atoms with Gasteiger partial charge in [-0.15, -0.1) is 10.2 Å². The third-order valence-corrected chi connectivity index (χ3v) is 5.71. The van der Waals surface area contributed by atoms with Gasteiger partial charge < -0.3 is 0 Å². The lowest BCUT2D eigenvalue weighted by molar-refractivity contribution is -0.463. The highest BCUT2D eigenvalue weighted by molar-refractivity contribution is 5.16. The van der Waals surface area contributed by atoms with Crippen molar-refractivity contribution in [3.05, 3.63) is 0 Å². The summed E-state index contributed by atoms with van der Waals surface area (Å²) < 4.78 is 444. The first-order valence-electron chi connectivity index (χ1n) is 10.6. The molecular weight excluding hydrogens is 866 g/mol. The third kappa shape index (κ3) is 5.95. The van der Waals surface area contributed by atoms with E-state index in [1.807, 2.05) is 0 Å². The Hall–Kier alpha value is -2.78. The maximum absolute atomic E-state index is 13.5. The van der Waals surface area contributed by atoms with Gasteiger partial charge in [-0.05, 0) is 0 Å². The van der Waals surface area contributed by atoms with E-state index in [-0.39, 0.29) is 0 Å². The molecule has 0 aromatic carbocycles. The lowest BCUT2D eigenvalue weighted by atomic mass is 9.90. The molecule has 0 aliphatic heterocycles. The molecule has 0 atom stereocenters. The summed E-state index contributed by atoms with van der Waals surface area (Å²) in [5.74, 6) is -111. The van der Waals surface area contributed by atoms with Crippen LogP contribution in [-0.4, -0.2) is 95.5 Å². The molecule has 0 bridgehead atoms. The number of hydrogen-bond acceptors (Lipinski definition) is 2. The van der Waals surface area contributed by atoms with Gasteiger partial charge in [-0.25, -0.2) is 0 Å². The van der Waals surface area contributed by atoms with Gasteiger partial charge in [-0.1, -0.05) is 0 Å². The van der Waals surface area contributed by atoms with Crippen LogP contribution in [0.15, 0.2) is 10.2 Å². The summed E-state index contributed by atoms with van der Waals surface area (Å²) in [4.78, 5) is 0. The van der Waals surface area contributed by atoms with Crippen molar-refractivity contribution in [3.63, 3.8) is 0 Å². The number of nitrogens with zero attached hydrogens (tertiary/aromatic N) is 2. The summed E-state index contributed by atoms with van der Waals surface area (Å²) in [5, 5.41) is -1.18. The van der Waals surface area contributed by atoms with Crippen molar-refractivity contribution >= 4 is 0 Å². The zero-order valence-corrected chi connectivity index (χ0v) is 21.7. The Morgan fingerprint density at radius 3 is 0.404 bits per heavy atom. The van der Waals surface area contributed by atoms with Crippen LogP contribution in [0.25, 0.3) is 0 Å². The predicted molar refractivity (Wildman–Crippen MR) is 86.2 cm³/mol. The topological polar surface area (TPSA) is 24.7 Å². The van der Waals surface area contributed by atoms with E-state index in [2.05, 4.69) is 0 Å². The summed E-state index contributed by atoms with van der Waals surface area (Å²) in [6.07, 6.45) is -16.5. The molecule has 0 aliphatic carbocycles. The third-order valence-electron chi connectivity index (χ3n) is 5.71. The standard InChI is InChI=1S/C16F34N2/c17-1(18,5(25,26)9(33,34)13(41,42)43)3(21,22)7(29,30)11(37,38)15(47,48)51-52-16(49,50)12(39,40)8(31,32)4(23,24)2(19,20)6(27,28)10(35,36)14(44,45)46. The van der Waals surface area contributed by atoms with E-state index in [4.69, 9.17) is 0 Å². The fourth-order valence-corrected chi connectivity index (χ4v) is 2.56. The van der Waals surface area contributed by atoms with Crippen LogP contribution in [0.1, 0.15) is 0 Å². The highest BCUT2D eigenvalue weighted by Crippen LogP contribution is 2.66. The Morgan fingerprint density at radius 1 is 0.154 bits per heavy atom. The van der Waals surface area contributed by atoms with Gasteiger partial charge in [0.05, 0.1) is 0 Å². The van der Waals surface area contributed by atoms with Gasteiger partial charge in [-0.2, -0.15) is 149 Å². The van der Waals surface area contributed by atoms with Gasteiger partial charge >= 0.3 is 95.5 Å². The summed E-state index contributed by atoms with van der Waals surface area (Å²) in [6, 6.07) is -17.4. The first-order valence-corrected chi connectivity index (χ1v) is 10.6. The molecule has 0 heterocycles. The molecule has 312 valence electrons. The molecule has 0 N–H and O–H groups in total. The molecule has 0 amide bonds. The number of alkyl halides is 34. The summed E-state index contributed by atoms with van der Waals surface area (Å²) >= 11 is 0. The highest BCUT2D eigenvalue weighted by atomic mass is 19.4. The van der Waals surface area contributed by atoms with Crippen LogP contribution in [-0.2, 0) is 0 Å². The van der Waals surface area contributed by atoms with Gasteiger partial charge in [0.25, 0.3) is 0 Å². The molecule has 0 radical (unpaired) electrons. The van der Waals surface area contributed by atoms with Gasteiger partial charge in [0.2, 0.25) is 0 Å². The Kier molecular flexibility index (Phi) is 11.2. The molecular formula is C16F34N2. The summed E-state index contributed by atoms with van der Waals surface area (Å²) in [5.41, 5.74) is 0. The van der Waals surface area contributed by atoms with Crippen LogP contribution in [0.3, 0.4) is 0 Å². The van der Waals surface area contributed by atoms with Crippen LogP contribution in [0.2, 0.25) is 0 Å². The Morgan fingerprint density at radius 2 is 0.269 bits per heavy atom. The minimum atomic E-state index is -9.53. The zero-order valence-electron chi connectivity index (χ0n) is 21.7. The van der Waals surface area contributed by atoms with Crippen molar-refractivity contribution in [2.24, 2.45) is 10.2 Å². The number of rotatable bonds is 14. The second-order valence-corrected chi connectivity index (χ2v) is 9.17. The van der Waals surface area contributed by atoms with E-state index in [1.165, 1.54) is 0 Å². The fraction of sp³-hybridized carbons (Fsp3) is 1.00. The minimum Gasteiger partial charge on any atom is -0.192 e. The average Bonchev–Trinajstić information content (AvgIpc) is 2.89. The lowest BCUT2D eigenvalue weighted by Crippen LogP contribution is -2.74. The normalized spacial score (nSPS) is 17.3. The average molecular weight is 866 g/mol. The van der Waals surface area contributed by atoms with E-state index in [9.17, 15) is 149 Å². The number of hydrogen-bond donors (Lipinski definition) is 0. The molecule has 0 rings (SSSR count). The molecule has 0 fully saturated rings. The Bertz CT molecular complexity index is 1220. The first kappa shape index (κ1) is 49.2. The van der Waals surface area contributed by atoms with E-state index < -0.39 is 106 Å². The molecule has 0 saturated heterocycles. The minimum absolute atomic E-state index is 0.589. The van der Waals surface area contributed by atoms with Crippen LogP contribution in [0.5, 0.6) is 0 Å². The zero-order chi connectivity index (χ0) is 43.4. The quantitative estimate of drug-likeness (QED) is 0.0944. The molecule has 0 spiro atoms. The van der Waals surface area contributed by atoms with Crippen LogP contribution in [0.4, 0.5) is 149 Å². The Labute approximate surface area is 256 Å². The number of halogens is 34. The van der Waals surface area contributed by atoms with Gasteiger partial charge in [0.15, 0.2) is 0 Å². The lowest BCUT2D eigenvalue weighted by Gasteiger charge is -2.42. The van der Waals surface area contributed by atoms with Crippen molar-refractivity contribution in [2.45, 2.75) is 95.5 Å². The van der Waals surface area contributed by atoms with Crippen LogP contribution < -0.4 is 0 Å². The second kappa shape index (κ2) is 11.9. The van der Waals surface area contributed by atoms with Crippen molar-refractivity contribution in [1.82, 2.24) is 0 Å². The summed E-state index contributed by atoms with van der Waals surface area (Å²) in [6.45, 7) is 0. The molecule has 52 heavy (non-hydrogen) atoms. The molecule has 0 aliphatic rings.